The zero-order valence-corrected chi connectivity index (χ0v) is 7.42. The zero-order chi connectivity index (χ0) is 8.91. The van der Waals surface area contributed by atoms with Crippen molar-refractivity contribution in [3.05, 3.63) is 12.2 Å². The molecule has 0 bridgehead atoms. The summed E-state index contributed by atoms with van der Waals surface area (Å²) in [6.07, 6.45) is 4.82. The van der Waals surface area contributed by atoms with Crippen molar-refractivity contribution >= 4 is 5.97 Å². The quantitative estimate of drug-likeness (QED) is 0.637. The van der Waals surface area contributed by atoms with Gasteiger partial charge in [-0.2, -0.15) is 0 Å². The Morgan fingerprint density at radius 2 is 2.00 bits per heavy atom. The number of carboxylic acids is 1. The van der Waals surface area contributed by atoms with Gasteiger partial charge in [0.2, 0.25) is 0 Å². The zero-order valence-electron chi connectivity index (χ0n) is 7.42. The SMILES string of the molecule is CC(C)(C)C=CCCC(=O)O. The van der Waals surface area contributed by atoms with Gasteiger partial charge in [0.15, 0.2) is 0 Å². The molecular weight excluding hydrogens is 140 g/mol. The van der Waals surface area contributed by atoms with Crippen LogP contribution in [0, 0.1) is 5.41 Å². The molecule has 0 saturated heterocycles. The second kappa shape index (κ2) is 4.16. The van der Waals surface area contributed by atoms with Gasteiger partial charge in [0.25, 0.3) is 0 Å². The summed E-state index contributed by atoms with van der Waals surface area (Å²) in [5.74, 6) is -0.733. The molecule has 0 atom stereocenters. The topological polar surface area (TPSA) is 37.3 Å². The number of carboxylic acid groups (broad SMARTS) is 1. The average Bonchev–Trinajstić information content (AvgIpc) is 1.78. The summed E-state index contributed by atoms with van der Waals surface area (Å²) in [5.41, 5.74) is 0.165. The van der Waals surface area contributed by atoms with Gasteiger partial charge in [-0.25, -0.2) is 0 Å². The summed E-state index contributed by atoms with van der Waals surface area (Å²) in [7, 11) is 0. The van der Waals surface area contributed by atoms with Gasteiger partial charge in [0, 0.05) is 6.42 Å². The Hall–Kier alpha value is -0.790. The fraction of sp³-hybridized carbons (Fsp3) is 0.667. The van der Waals surface area contributed by atoms with E-state index in [4.69, 9.17) is 5.11 Å². The van der Waals surface area contributed by atoms with Gasteiger partial charge in [-0.05, 0) is 11.8 Å². The number of rotatable bonds is 3. The summed E-state index contributed by atoms with van der Waals surface area (Å²) >= 11 is 0. The molecule has 0 unspecified atom stereocenters. The Kier molecular flexibility index (Phi) is 3.86. The van der Waals surface area contributed by atoms with Gasteiger partial charge in [-0.3, -0.25) is 4.79 Å². The third-order valence-corrected chi connectivity index (χ3v) is 1.14. The standard InChI is InChI=1S/C9H16O2/c1-9(2,3)7-5-4-6-8(10)11/h5,7H,4,6H2,1-3H3,(H,10,11). The largest absolute Gasteiger partial charge is 0.481 e. The minimum absolute atomic E-state index is 0.165. The Labute approximate surface area is 67.9 Å². The van der Waals surface area contributed by atoms with E-state index < -0.39 is 5.97 Å². The van der Waals surface area contributed by atoms with Crippen LogP contribution in [-0.4, -0.2) is 11.1 Å². The lowest BCUT2D eigenvalue weighted by atomic mass is 9.96. The predicted octanol–water partition coefficient (Wildman–Crippen LogP) is 2.45. The van der Waals surface area contributed by atoms with Crippen molar-refractivity contribution in [3.8, 4) is 0 Å². The maximum absolute atomic E-state index is 10.1. The van der Waals surface area contributed by atoms with Crippen LogP contribution < -0.4 is 0 Å². The molecule has 11 heavy (non-hydrogen) atoms. The van der Waals surface area contributed by atoms with Crippen LogP contribution in [0.1, 0.15) is 33.6 Å². The number of hydrogen-bond donors (Lipinski definition) is 1. The van der Waals surface area contributed by atoms with Crippen molar-refractivity contribution in [1.82, 2.24) is 0 Å². The molecule has 0 radical (unpaired) electrons. The van der Waals surface area contributed by atoms with Gasteiger partial charge in [0.1, 0.15) is 0 Å². The fourth-order valence-corrected chi connectivity index (χ4v) is 0.644. The van der Waals surface area contributed by atoms with Crippen LogP contribution in [-0.2, 0) is 4.79 Å². The highest BCUT2D eigenvalue weighted by atomic mass is 16.4. The van der Waals surface area contributed by atoms with E-state index >= 15 is 0 Å². The molecule has 2 nitrogen and oxygen atoms in total. The highest BCUT2D eigenvalue weighted by molar-refractivity contribution is 5.66. The first-order valence-corrected chi connectivity index (χ1v) is 3.81. The van der Waals surface area contributed by atoms with Crippen molar-refractivity contribution in [2.45, 2.75) is 33.6 Å². The summed E-state index contributed by atoms with van der Waals surface area (Å²) in [6.45, 7) is 6.26. The molecule has 0 aromatic rings. The van der Waals surface area contributed by atoms with E-state index in [1.165, 1.54) is 0 Å². The molecule has 0 aromatic heterocycles. The van der Waals surface area contributed by atoms with Crippen LogP contribution >= 0.6 is 0 Å². The lowest BCUT2D eigenvalue weighted by molar-refractivity contribution is -0.136. The third-order valence-electron chi connectivity index (χ3n) is 1.14. The van der Waals surface area contributed by atoms with Crippen molar-refractivity contribution in [3.63, 3.8) is 0 Å². The van der Waals surface area contributed by atoms with Crippen molar-refractivity contribution < 1.29 is 9.90 Å². The molecule has 0 rings (SSSR count). The number of hydrogen-bond acceptors (Lipinski definition) is 1. The Morgan fingerprint density at radius 1 is 1.45 bits per heavy atom. The van der Waals surface area contributed by atoms with Crippen molar-refractivity contribution in [2.75, 3.05) is 0 Å². The number of allylic oxidation sites excluding steroid dienone is 2. The van der Waals surface area contributed by atoms with Crippen molar-refractivity contribution in [2.24, 2.45) is 5.41 Å². The predicted molar refractivity (Wildman–Crippen MR) is 45.5 cm³/mol. The normalized spacial score (nSPS) is 12.3. The lowest BCUT2D eigenvalue weighted by Crippen LogP contribution is -1.99. The first-order valence-electron chi connectivity index (χ1n) is 3.81. The fourth-order valence-electron chi connectivity index (χ4n) is 0.644. The molecule has 0 fully saturated rings. The molecule has 0 aliphatic carbocycles. The molecule has 0 amide bonds. The van der Waals surface area contributed by atoms with E-state index in [0.717, 1.165) is 0 Å². The van der Waals surface area contributed by atoms with E-state index in [9.17, 15) is 4.79 Å². The van der Waals surface area contributed by atoms with E-state index in [1.807, 2.05) is 12.2 Å². The molecule has 0 saturated carbocycles. The van der Waals surface area contributed by atoms with Crippen LogP contribution in [0.4, 0.5) is 0 Å². The molecule has 2 heteroatoms. The summed E-state index contributed by atoms with van der Waals surface area (Å²) < 4.78 is 0. The Bertz CT molecular complexity index is 151. The lowest BCUT2D eigenvalue weighted by Gasteiger charge is -2.10. The van der Waals surface area contributed by atoms with Crippen LogP contribution in [0.15, 0.2) is 12.2 Å². The maximum atomic E-state index is 10.1. The van der Waals surface area contributed by atoms with Gasteiger partial charge in [0.05, 0.1) is 0 Å². The van der Waals surface area contributed by atoms with Gasteiger partial charge in [-0.15, -0.1) is 0 Å². The monoisotopic (exact) mass is 156 g/mol. The first-order chi connectivity index (χ1) is 4.92. The highest BCUT2D eigenvalue weighted by Gasteiger charge is 2.02. The number of aliphatic carboxylic acids is 1. The van der Waals surface area contributed by atoms with E-state index in [2.05, 4.69) is 20.8 Å². The second-order valence-corrected chi connectivity index (χ2v) is 3.70. The van der Waals surface area contributed by atoms with Gasteiger partial charge < -0.3 is 5.11 Å². The van der Waals surface area contributed by atoms with Crippen LogP contribution in [0.3, 0.4) is 0 Å². The molecule has 0 aromatic carbocycles. The third kappa shape index (κ3) is 9.21. The average molecular weight is 156 g/mol. The Balaban J connectivity index is 3.54. The van der Waals surface area contributed by atoms with Crippen molar-refractivity contribution in [1.29, 1.82) is 0 Å². The molecule has 1 N–H and O–H groups in total. The maximum Gasteiger partial charge on any atom is 0.303 e. The minimum Gasteiger partial charge on any atom is -0.481 e. The first kappa shape index (κ1) is 10.2. The molecule has 0 aliphatic heterocycles. The molecule has 0 heterocycles. The highest BCUT2D eigenvalue weighted by Crippen LogP contribution is 2.14. The van der Waals surface area contributed by atoms with Crippen LogP contribution in [0.2, 0.25) is 0 Å². The molecule has 0 aliphatic rings. The second-order valence-electron chi connectivity index (χ2n) is 3.70. The van der Waals surface area contributed by atoms with E-state index in [0.29, 0.717) is 6.42 Å². The van der Waals surface area contributed by atoms with Gasteiger partial charge >= 0.3 is 5.97 Å². The Morgan fingerprint density at radius 3 is 2.36 bits per heavy atom. The summed E-state index contributed by atoms with van der Waals surface area (Å²) in [6, 6.07) is 0. The minimum atomic E-state index is -0.733. The molecule has 64 valence electrons. The number of carbonyl (C=O) groups is 1. The molecule has 0 spiro atoms. The van der Waals surface area contributed by atoms with E-state index in [1.54, 1.807) is 0 Å². The summed E-state index contributed by atoms with van der Waals surface area (Å²) in [5, 5.41) is 8.31. The van der Waals surface area contributed by atoms with Crippen LogP contribution in [0.25, 0.3) is 0 Å². The summed E-state index contributed by atoms with van der Waals surface area (Å²) in [4.78, 5) is 10.1. The molecular formula is C9H16O2. The smallest absolute Gasteiger partial charge is 0.303 e. The van der Waals surface area contributed by atoms with Crippen LogP contribution in [0.5, 0.6) is 0 Å². The van der Waals surface area contributed by atoms with E-state index in [-0.39, 0.29) is 11.8 Å². The van der Waals surface area contributed by atoms with Gasteiger partial charge in [-0.1, -0.05) is 32.9 Å².